The molecule has 0 aromatic heterocycles. The Labute approximate surface area is 201 Å². The van der Waals surface area contributed by atoms with Crippen molar-refractivity contribution in [3.05, 3.63) is 56.9 Å². The molecule has 3 amide bonds. The van der Waals surface area contributed by atoms with Crippen LogP contribution in [-0.4, -0.2) is 53.3 Å². The minimum Gasteiger partial charge on any atom is -0.493 e. The fourth-order valence-corrected chi connectivity index (χ4v) is 4.09. The monoisotopic (exact) mass is 534 g/mol. The lowest BCUT2D eigenvalue weighted by molar-refractivity contribution is -0.140. The number of carboxylic acids is 1. The van der Waals surface area contributed by atoms with Crippen molar-refractivity contribution in [2.24, 2.45) is 0 Å². The maximum absolute atomic E-state index is 12.4. The molecule has 0 aliphatic carbocycles. The highest BCUT2D eigenvalue weighted by Gasteiger charge is 2.36. The zero-order valence-corrected chi connectivity index (χ0v) is 20.0. The van der Waals surface area contributed by atoms with Gasteiger partial charge in [-0.1, -0.05) is 33.6 Å². The van der Waals surface area contributed by atoms with Crippen LogP contribution in [0.3, 0.4) is 0 Å². The topological polar surface area (TPSA) is 122 Å². The van der Waals surface area contributed by atoms with Crippen molar-refractivity contribution < 1.29 is 33.8 Å². The molecule has 2 aromatic carbocycles. The van der Waals surface area contributed by atoms with Crippen molar-refractivity contribution >= 4 is 62.5 Å². The minimum absolute atomic E-state index is 0.0788. The number of aryl methyl sites for hydroxylation is 1. The number of carbonyl (C=O) groups is 4. The number of halogens is 1. The third kappa shape index (κ3) is 6.14. The van der Waals surface area contributed by atoms with Gasteiger partial charge in [0.2, 0.25) is 0 Å². The number of aliphatic carboxylic acids is 1. The number of thioether (sulfide) groups is 1. The zero-order valence-electron chi connectivity index (χ0n) is 17.6. The summed E-state index contributed by atoms with van der Waals surface area (Å²) in [4.78, 5) is 48.1. The highest BCUT2D eigenvalue weighted by molar-refractivity contribution is 9.10. The summed E-state index contributed by atoms with van der Waals surface area (Å²) in [6, 6.07) is 10.5. The van der Waals surface area contributed by atoms with E-state index >= 15 is 0 Å². The fraction of sp³-hybridized carbons (Fsp3) is 0.182. The van der Waals surface area contributed by atoms with Crippen LogP contribution in [0.15, 0.2) is 45.8 Å². The van der Waals surface area contributed by atoms with E-state index in [0.29, 0.717) is 43.9 Å². The van der Waals surface area contributed by atoms with E-state index in [1.165, 1.54) is 13.2 Å². The first-order valence-electron chi connectivity index (χ1n) is 9.52. The number of methoxy groups -OCH3 is 1. The van der Waals surface area contributed by atoms with Gasteiger partial charge in [0.15, 0.2) is 18.1 Å². The first-order chi connectivity index (χ1) is 15.7. The predicted octanol–water partition coefficient (Wildman–Crippen LogP) is 3.90. The Bertz CT molecular complexity index is 1150. The summed E-state index contributed by atoms with van der Waals surface area (Å²) in [7, 11) is 1.42. The fourth-order valence-electron chi connectivity index (χ4n) is 2.82. The third-order valence-corrected chi connectivity index (χ3v) is 6.02. The van der Waals surface area contributed by atoms with Crippen molar-refractivity contribution in [1.82, 2.24) is 4.90 Å². The van der Waals surface area contributed by atoms with Gasteiger partial charge in [0.25, 0.3) is 17.1 Å². The molecule has 0 saturated carbocycles. The summed E-state index contributed by atoms with van der Waals surface area (Å²) >= 11 is 4.03. The molecule has 0 atom stereocenters. The van der Waals surface area contributed by atoms with Crippen LogP contribution in [0.1, 0.15) is 11.1 Å². The molecule has 1 saturated heterocycles. The number of carboxylic acid groups (broad SMARTS) is 1. The second kappa shape index (κ2) is 10.5. The summed E-state index contributed by atoms with van der Waals surface area (Å²) in [5.41, 5.74) is 2.23. The molecule has 1 heterocycles. The molecule has 1 aliphatic heterocycles. The molecule has 2 aromatic rings. The van der Waals surface area contributed by atoms with Gasteiger partial charge in [-0.2, -0.15) is 0 Å². The molecule has 0 spiro atoms. The number of nitrogens with one attached hydrogen (secondary N) is 1. The first kappa shape index (κ1) is 24.3. The number of carbonyl (C=O) groups excluding carboxylic acids is 3. The predicted molar refractivity (Wildman–Crippen MR) is 126 cm³/mol. The Morgan fingerprint density at radius 1 is 1.18 bits per heavy atom. The number of hydrogen-bond donors (Lipinski definition) is 2. The molecular formula is C22H19BrN2O7S. The maximum Gasteiger partial charge on any atom is 0.323 e. The number of nitrogens with zero attached hydrogens (tertiary/aromatic N) is 1. The van der Waals surface area contributed by atoms with E-state index in [4.69, 9.17) is 14.6 Å². The molecule has 9 nitrogen and oxygen atoms in total. The minimum atomic E-state index is -1.28. The molecule has 1 fully saturated rings. The van der Waals surface area contributed by atoms with E-state index in [9.17, 15) is 19.2 Å². The lowest BCUT2D eigenvalue weighted by Crippen LogP contribution is -2.33. The zero-order chi connectivity index (χ0) is 24.1. The lowest BCUT2D eigenvalue weighted by atomic mass is 10.2. The molecule has 0 bridgehead atoms. The smallest absolute Gasteiger partial charge is 0.323 e. The summed E-state index contributed by atoms with van der Waals surface area (Å²) in [5.74, 6) is -1.73. The summed E-state index contributed by atoms with van der Waals surface area (Å²) in [6.45, 7) is 0.984. The quantitative estimate of drug-likeness (QED) is 0.488. The van der Waals surface area contributed by atoms with Crippen molar-refractivity contribution in [1.29, 1.82) is 0 Å². The average Bonchev–Trinajstić information content (AvgIpc) is 3.02. The largest absolute Gasteiger partial charge is 0.493 e. The van der Waals surface area contributed by atoms with Crippen LogP contribution in [0.5, 0.6) is 11.5 Å². The Morgan fingerprint density at radius 2 is 1.88 bits per heavy atom. The number of anilines is 1. The van der Waals surface area contributed by atoms with Crippen LogP contribution in [0, 0.1) is 6.92 Å². The van der Waals surface area contributed by atoms with Crippen LogP contribution < -0.4 is 14.8 Å². The first-order valence-corrected chi connectivity index (χ1v) is 11.1. The number of ether oxygens (including phenoxy) is 2. The maximum atomic E-state index is 12.4. The van der Waals surface area contributed by atoms with Gasteiger partial charge in [-0.05, 0) is 54.6 Å². The normalized spacial score (nSPS) is 14.5. The standard InChI is InChI=1S/C22H19BrN2O7S/c1-12-3-5-14(6-4-12)24-19(26)11-32-17-9-15(23)13(7-16(17)31-2)8-18-21(29)25(10-20(27)28)22(30)33-18/h3-9H,10-11H2,1-2H3,(H,24,26)(H,27,28)/b18-8+. The molecular weight excluding hydrogens is 516 g/mol. The SMILES string of the molecule is COc1cc(/C=C2/SC(=O)N(CC(=O)O)C2=O)c(Br)cc1OCC(=O)Nc1ccc(C)cc1. The second-order valence-corrected chi connectivity index (χ2v) is 8.74. The molecule has 1 aliphatic rings. The van der Waals surface area contributed by atoms with E-state index in [0.717, 1.165) is 5.56 Å². The molecule has 33 heavy (non-hydrogen) atoms. The van der Waals surface area contributed by atoms with E-state index in [1.807, 2.05) is 19.1 Å². The van der Waals surface area contributed by atoms with Gasteiger partial charge >= 0.3 is 5.97 Å². The van der Waals surface area contributed by atoms with Crippen molar-refractivity contribution in [2.75, 3.05) is 25.6 Å². The molecule has 3 rings (SSSR count). The Balaban J connectivity index is 1.73. The van der Waals surface area contributed by atoms with Crippen molar-refractivity contribution in [3.63, 3.8) is 0 Å². The highest BCUT2D eigenvalue weighted by atomic mass is 79.9. The van der Waals surface area contributed by atoms with Crippen molar-refractivity contribution in [2.45, 2.75) is 6.92 Å². The molecule has 2 N–H and O–H groups in total. The van der Waals surface area contributed by atoms with Crippen LogP contribution in [0.2, 0.25) is 0 Å². The average molecular weight is 535 g/mol. The molecule has 11 heteroatoms. The Kier molecular flexibility index (Phi) is 7.77. The number of amides is 3. The van der Waals surface area contributed by atoms with E-state index in [1.54, 1.807) is 24.3 Å². The molecule has 0 radical (unpaired) electrons. The summed E-state index contributed by atoms with van der Waals surface area (Å²) < 4.78 is 11.5. The van der Waals surface area contributed by atoms with Gasteiger partial charge in [-0.15, -0.1) is 0 Å². The van der Waals surface area contributed by atoms with Gasteiger partial charge in [-0.25, -0.2) is 0 Å². The Hall–Kier alpha value is -3.31. The molecule has 0 unspecified atom stereocenters. The van der Waals surface area contributed by atoms with Crippen LogP contribution in [0.4, 0.5) is 10.5 Å². The van der Waals surface area contributed by atoms with Gasteiger partial charge in [0, 0.05) is 10.2 Å². The highest BCUT2D eigenvalue weighted by Crippen LogP contribution is 2.38. The van der Waals surface area contributed by atoms with Gasteiger partial charge < -0.3 is 19.9 Å². The second-order valence-electron chi connectivity index (χ2n) is 6.89. The van der Waals surface area contributed by atoms with Gasteiger partial charge in [-0.3, -0.25) is 24.1 Å². The summed E-state index contributed by atoms with van der Waals surface area (Å²) in [6.07, 6.45) is 1.45. The van der Waals surface area contributed by atoms with Crippen LogP contribution in [-0.2, 0) is 14.4 Å². The van der Waals surface area contributed by atoms with E-state index in [2.05, 4.69) is 21.2 Å². The number of hydrogen-bond acceptors (Lipinski definition) is 7. The van der Waals surface area contributed by atoms with Crippen LogP contribution >= 0.6 is 27.7 Å². The number of imide groups is 1. The van der Waals surface area contributed by atoms with E-state index in [-0.39, 0.29) is 17.4 Å². The lowest BCUT2D eigenvalue weighted by Gasteiger charge is -2.13. The van der Waals surface area contributed by atoms with Crippen molar-refractivity contribution in [3.8, 4) is 11.5 Å². The summed E-state index contributed by atoms with van der Waals surface area (Å²) in [5, 5.41) is 10.9. The van der Waals surface area contributed by atoms with Gasteiger partial charge in [0.05, 0.1) is 12.0 Å². The number of rotatable bonds is 8. The third-order valence-electron chi connectivity index (χ3n) is 4.43. The van der Waals surface area contributed by atoms with Gasteiger partial charge in [0.1, 0.15) is 6.54 Å². The molecule has 172 valence electrons. The Morgan fingerprint density at radius 3 is 2.52 bits per heavy atom. The van der Waals surface area contributed by atoms with E-state index < -0.39 is 23.7 Å². The number of benzene rings is 2. The van der Waals surface area contributed by atoms with Crippen LogP contribution in [0.25, 0.3) is 6.08 Å².